The Morgan fingerprint density at radius 3 is 2.57 bits per heavy atom. The van der Waals surface area contributed by atoms with Gasteiger partial charge in [0, 0.05) is 0 Å². The molecule has 0 heteroatoms. The number of hydrogen-bond donors (Lipinski definition) is 0. The quantitative estimate of drug-likeness (QED) is 0.624. The summed E-state index contributed by atoms with van der Waals surface area (Å²) in [6, 6.07) is 4.41. The number of rotatable bonds is 3. The fourth-order valence-corrected chi connectivity index (χ4v) is 1.60. The maximum absolute atomic E-state index is 3.70. The molecule has 0 spiro atoms. The van der Waals surface area contributed by atoms with E-state index in [1.54, 1.807) is 0 Å². The normalized spacial score (nSPS) is 10.8. The molecule has 0 aromatic heterocycles. The van der Waals surface area contributed by atoms with Crippen molar-refractivity contribution in [2.24, 2.45) is 0 Å². The van der Waals surface area contributed by atoms with Gasteiger partial charge in [0.15, 0.2) is 0 Å². The first kappa shape index (κ1) is 10.8. The van der Waals surface area contributed by atoms with Crippen LogP contribution >= 0.6 is 0 Å². The predicted molar refractivity (Wildman–Crippen MR) is 64.5 cm³/mol. The van der Waals surface area contributed by atoms with Crippen LogP contribution in [0, 0.1) is 13.8 Å². The molecule has 0 fully saturated rings. The van der Waals surface area contributed by atoms with Crippen LogP contribution in [0.3, 0.4) is 0 Å². The predicted octanol–water partition coefficient (Wildman–Crippen LogP) is 4.07. The molecular weight excluding hydrogens is 168 g/mol. The Bertz CT molecular complexity index is 357. The van der Waals surface area contributed by atoms with Crippen molar-refractivity contribution >= 4 is 6.08 Å². The average molecular weight is 186 g/mol. The third-order valence-electron chi connectivity index (χ3n) is 2.66. The Morgan fingerprint density at radius 1 is 1.29 bits per heavy atom. The van der Waals surface area contributed by atoms with Crippen LogP contribution in [0.1, 0.15) is 29.2 Å². The molecule has 0 aliphatic rings. The molecule has 1 aromatic rings. The Hall–Kier alpha value is -1.30. The van der Waals surface area contributed by atoms with Gasteiger partial charge in [-0.05, 0) is 42.5 Å². The molecule has 0 N–H and O–H groups in total. The first-order valence-electron chi connectivity index (χ1n) is 5.08. The van der Waals surface area contributed by atoms with E-state index in [9.17, 15) is 0 Å². The summed E-state index contributed by atoms with van der Waals surface area (Å²) in [5.41, 5.74) is 5.49. The molecule has 0 amide bonds. The summed E-state index contributed by atoms with van der Waals surface area (Å²) in [4.78, 5) is 0. The number of aryl methyl sites for hydroxylation is 2. The van der Waals surface area contributed by atoms with Gasteiger partial charge in [0.2, 0.25) is 0 Å². The van der Waals surface area contributed by atoms with Crippen molar-refractivity contribution in [3.8, 4) is 0 Å². The molecule has 0 aliphatic carbocycles. The van der Waals surface area contributed by atoms with Gasteiger partial charge in [-0.25, -0.2) is 0 Å². The fraction of sp³-hybridized carbons (Fsp3) is 0.286. The van der Waals surface area contributed by atoms with E-state index in [-0.39, 0.29) is 0 Å². The van der Waals surface area contributed by atoms with Crippen LogP contribution in [0.4, 0.5) is 0 Å². The molecule has 0 atom stereocenters. The van der Waals surface area contributed by atoms with Crippen LogP contribution in [0.15, 0.2) is 30.9 Å². The van der Waals surface area contributed by atoms with E-state index in [0.717, 1.165) is 6.42 Å². The molecule has 0 bridgehead atoms. The molecule has 1 rings (SSSR count). The zero-order chi connectivity index (χ0) is 10.6. The highest BCUT2D eigenvalue weighted by Crippen LogP contribution is 2.20. The second kappa shape index (κ2) is 4.80. The summed E-state index contributed by atoms with van der Waals surface area (Å²) in [5.74, 6) is 0. The molecular formula is C14H18. The Morgan fingerprint density at radius 2 is 2.00 bits per heavy atom. The zero-order valence-corrected chi connectivity index (χ0v) is 9.30. The Balaban J connectivity index is 3.27. The second-order valence-electron chi connectivity index (χ2n) is 3.53. The van der Waals surface area contributed by atoms with E-state index in [2.05, 4.69) is 45.6 Å². The van der Waals surface area contributed by atoms with Crippen molar-refractivity contribution in [2.75, 3.05) is 0 Å². The molecule has 1 aromatic carbocycles. The van der Waals surface area contributed by atoms with Crippen molar-refractivity contribution in [1.82, 2.24) is 0 Å². The highest BCUT2D eigenvalue weighted by atomic mass is 14.1. The van der Waals surface area contributed by atoms with Gasteiger partial charge >= 0.3 is 0 Å². The highest BCUT2D eigenvalue weighted by molar-refractivity contribution is 5.60. The van der Waals surface area contributed by atoms with E-state index in [1.807, 2.05) is 12.2 Å². The molecule has 0 saturated heterocycles. The lowest BCUT2D eigenvalue weighted by molar-refractivity contribution is 1.11. The largest absolute Gasteiger partial charge is 0.0991 e. The number of hydrogen-bond acceptors (Lipinski definition) is 0. The van der Waals surface area contributed by atoms with E-state index >= 15 is 0 Å². The molecule has 0 nitrogen and oxygen atoms in total. The summed E-state index contributed by atoms with van der Waals surface area (Å²) in [6.07, 6.45) is 7.05. The van der Waals surface area contributed by atoms with Crippen molar-refractivity contribution in [3.63, 3.8) is 0 Å². The summed E-state index contributed by atoms with van der Waals surface area (Å²) in [5, 5.41) is 0. The maximum atomic E-state index is 3.70. The molecule has 0 saturated carbocycles. The highest BCUT2D eigenvalue weighted by Gasteiger charge is 2.02. The molecule has 74 valence electrons. The minimum atomic E-state index is 1.08. The van der Waals surface area contributed by atoms with E-state index in [4.69, 9.17) is 0 Å². The van der Waals surface area contributed by atoms with Crippen LogP contribution in [-0.4, -0.2) is 0 Å². The molecule has 0 radical (unpaired) electrons. The summed E-state index contributed by atoms with van der Waals surface area (Å²) in [6.45, 7) is 10.2. The molecule has 0 unspecified atom stereocenters. The molecule has 0 heterocycles. The zero-order valence-electron chi connectivity index (χ0n) is 9.30. The van der Waals surface area contributed by atoms with Crippen molar-refractivity contribution < 1.29 is 0 Å². The summed E-state index contributed by atoms with van der Waals surface area (Å²) < 4.78 is 0. The van der Waals surface area contributed by atoms with Crippen molar-refractivity contribution in [3.05, 3.63) is 53.1 Å². The van der Waals surface area contributed by atoms with Crippen molar-refractivity contribution in [2.45, 2.75) is 27.2 Å². The summed E-state index contributed by atoms with van der Waals surface area (Å²) in [7, 11) is 0. The van der Waals surface area contributed by atoms with Gasteiger partial charge in [-0.15, -0.1) is 0 Å². The second-order valence-corrected chi connectivity index (χ2v) is 3.53. The number of allylic oxidation sites excluding steroid dienone is 2. The monoisotopic (exact) mass is 186 g/mol. The maximum Gasteiger partial charge on any atom is -0.0193 e. The van der Waals surface area contributed by atoms with Crippen LogP contribution in [-0.2, 0) is 6.42 Å². The fourth-order valence-electron chi connectivity index (χ4n) is 1.60. The average Bonchev–Trinajstić information content (AvgIpc) is 2.20. The van der Waals surface area contributed by atoms with E-state index in [0.29, 0.717) is 0 Å². The smallest absolute Gasteiger partial charge is 0.0193 e. The van der Waals surface area contributed by atoms with Crippen LogP contribution in [0.5, 0.6) is 0 Å². The lowest BCUT2D eigenvalue weighted by Crippen LogP contribution is -1.93. The van der Waals surface area contributed by atoms with Gasteiger partial charge in [-0.1, -0.05) is 43.9 Å². The lowest BCUT2D eigenvalue weighted by Gasteiger charge is -2.09. The minimum Gasteiger partial charge on any atom is -0.0991 e. The van der Waals surface area contributed by atoms with Crippen LogP contribution in [0.25, 0.3) is 6.08 Å². The minimum absolute atomic E-state index is 1.08. The van der Waals surface area contributed by atoms with Crippen LogP contribution in [0.2, 0.25) is 0 Å². The third kappa shape index (κ3) is 2.14. The van der Waals surface area contributed by atoms with Gasteiger partial charge in [0.1, 0.15) is 0 Å². The van der Waals surface area contributed by atoms with Gasteiger partial charge in [-0.2, -0.15) is 0 Å². The third-order valence-corrected chi connectivity index (χ3v) is 2.66. The van der Waals surface area contributed by atoms with E-state index in [1.165, 1.54) is 22.3 Å². The lowest BCUT2D eigenvalue weighted by atomic mass is 9.96. The van der Waals surface area contributed by atoms with Gasteiger partial charge in [0.05, 0.1) is 0 Å². The van der Waals surface area contributed by atoms with Crippen LogP contribution < -0.4 is 0 Å². The first-order valence-corrected chi connectivity index (χ1v) is 5.08. The van der Waals surface area contributed by atoms with Gasteiger partial charge in [0.25, 0.3) is 0 Å². The molecule has 14 heavy (non-hydrogen) atoms. The topological polar surface area (TPSA) is 0 Å². The SMILES string of the molecule is C=C/C=C\c1c(CC)ccc(C)c1C. The van der Waals surface area contributed by atoms with E-state index < -0.39 is 0 Å². The Labute approximate surface area is 87.0 Å². The van der Waals surface area contributed by atoms with Gasteiger partial charge < -0.3 is 0 Å². The summed E-state index contributed by atoms with van der Waals surface area (Å²) >= 11 is 0. The van der Waals surface area contributed by atoms with Gasteiger partial charge in [-0.3, -0.25) is 0 Å². The van der Waals surface area contributed by atoms with Crippen molar-refractivity contribution in [1.29, 1.82) is 0 Å². The standard InChI is InChI=1S/C14H18/c1-5-7-8-14-12(4)11(3)9-10-13(14)6-2/h5,7-10H,1,6H2,2-4H3/b8-7-. The Kier molecular flexibility index (Phi) is 3.70. The first-order chi connectivity index (χ1) is 6.70. The number of benzene rings is 1. The molecule has 0 aliphatic heterocycles.